The van der Waals surface area contributed by atoms with Crippen molar-refractivity contribution in [2.75, 3.05) is 26.7 Å². The number of carbonyl (C=O) groups is 1. The Labute approximate surface area is 172 Å². The third-order valence-corrected chi connectivity index (χ3v) is 6.32. The first-order chi connectivity index (χ1) is 14.1. The number of aromatic carboxylic acids is 1. The Morgan fingerprint density at radius 3 is 2.62 bits per heavy atom. The topological polar surface area (TPSA) is 61.8 Å². The number of nitrogens with zero attached hydrogens (tertiary/aromatic N) is 1. The van der Waals surface area contributed by atoms with Gasteiger partial charge in [-0.2, -0.15) is 0 Å². The maximum Gasteiger partial charge on any atom is 0.335 e. The number of nitrogens with one attached hydrogen (secondary N) is 1. The summed E-state index contributed by atoms with van der Waals surface area (Å²) in [5.41, 5.74) is 2.78. The molecule has 0 aromatic heterocycles. The minimum absolute atomic E-state index is 0.268. The second-order valence-corrected chi connectivity index (χ2v) is 8.32. The van der Waals surface area contributed by atoms with Gasteiger partial charge in [0.2, 0.25) is 0 Å². The van der Waals surface area contributed by atoms with E-state index in [0.29, 0.717) is 17.7 Å². The molecule has 0 radical (unpaired) electrons. The van der Waals surface area contributed by atoms with E-state index in [4.69, 9.17) is 9.84 Å². The normalized spacial score (nSPS) is 22.4. The average Bonchev–Trinajstić information content (AvgIpc) is 3.54. The summed E-state index contributed by atoms with van der Waals surface area (Å²) in [6.45, 7) is 4.06. The highest BCUT2D eigenvalue weighted by molar-refractivity contribution is 5.88. The van der Waals surface area contributed by atoms with Gasteiger partial charge in [0, 0.05) is 24.1 Å². The molecule has 0 unspecified atom stereocenters. The molecule has 4 rings (SSSR count). The molecule has 154 valence electrons. The van der Waals surface area contributed by atoms with Crippen LogP contribution in [-0.4, -0.2) is 48.8 Å². The lowest BCUT2D eigenvalue weighted by Crippen LogP contribution is -2.37. The van der Waals surface area contributed by atoms with Gasteiger partial charge in [-0.05, 0) is 62.5 Å². The fraction of sp³-hybridized carbons (Fsp3) is 0.458. The molecular weight excluding hydrogens is 364 g/mol. The van der Waals surface area contributed by atoms with Gasteiger partial charge in [0.05, 0.1) is 12.7 Å². The zero-order valence-corrected chi connectivity index (χ0v) is 17.0. The van der Waals surface area contributed by atoms with Crippen molar-refractivity contribution in [2.45, 2.75) is 37.8 Å². The molecule has 1 aliphatic carbocycles. The monoisotopic (exact) mass is 394 g/mol. The number of methoxy groups -OCH3 is 1. The van der Waals surface area contributed by atoms with E-state index in [1.165, 1.54) is 24.8 Å². The Morgan fingerprint density at radius 2 is 1.93 bits per heavy atom. The highest BCUT2D eigenvalue weighted by Gasteiger charge is 2.38. The predicted molar refractivity (Wildman–Crippen MR) is 114 cm³/mol. The van der Waals surface area contributed by atoms with E-state index < -0.39 is 5.97 Å². The van der Waals surface area contributed by atoms with Gasteiger partial charge in [-0.15, -0.1) is 0 Å². The van der Waals surface area contributed by atoms with Crippen LogP contribution in [0.5, 0.6) is 5.75 Å². The number of hydrogen-bond donors (Lipinski definition) is 2. The first-order valence-corrected chi connectivity index (χ1v) is 10.5. The van der Waals surface area contributed by atoms with E-state index in [2.05, 4.69) is 40.5 Å². The van der Waals surface area contributed by atoms with Gasteiger partial charge in [0.25, 0.3) is 0 Å². The number of benzene rings is 2. The van der Waals surface area contributed by atoms with E-state index in [1.54, 1.807) is 19.2 Å². The Kier molecular flexibility index (Phi) is 6.16. The van der Waals surface area contributed by atoms with Crippen molar-refractivity contribution in [3.8, 4) is 5.75 Å². The molecule has 1 aliphatic heterocycles. The number of likely N-dealkylation sites (tertiary alicyclic amines) is 1. The molecular formula is C24H30N2O3. The number of carboxylic acid groups (broad SMARTS) is 1. The van der Waals surface area contributed by atoms with E-state index in [1.807, 2.05) is 6.07 Å². The summed E-state index contributed by atoms with van der Waals surface area (Å²) in [6, 6.07) is 16.6. The van der Waals surface area contributed by atoms with Crippen LogP contribution in [0.15, 0.2) is 48.5 Å². The molecule has 2 aromatic carbocycles. The molecule has 5 heteroatoms. The summed E-state index contributed by atoms with van der Waals surface area (Å²) in [4.78, 5) is 13.6. The van der Waals surface area contributed by atoms with Crippen molar-refractivity contribution in [1.29, 1.82) is 0 Å². The average molecular weight is 395 g/mol. The number of ether oxygens (including phenoxy) is 1. The minimum atomic E-state index is -0.923. The fourth-order valence-electron chi connectivity index (χ4n) is 4.41. The zero-order chi connectivity index (χ0) is 20.2. The van der Waals surface area contributed by atoms with Gasteiger partial charge >= 0.3 is 5.97 Å². The van der Waals surface area contributed by atoms with Gasteiger partial charge in [-0.25, -0.2) is 4.79 Å². The second kappa shape index (κ2) is 8.97. The molecule has 2 aliphatic rings. The molecule has 2 aromatic rings. The quantitative estimate of drug-likeness (QED) is 0.714. The maximum absolute atomic E-state index is 11.1. The fourth-order valence-corrected chi connectivity index (χ4v) is 4.41. The molecule has 29 heavy (non-hydrogen) atoms. The first kappa shape index (κ1) is 19.9. The van der Waals surface area contributed by atoms with E-state index in [0.717, 1.165) is 37.7 Å². The SMILES string of the molecule is COc1cc(C(=O)O)ccc1CN1CCC(CN[C@@H]2C[C@H]2c2ccccc2)CC1. The Bertz CT molecular complexity index is 831. The van der Waals surface area contributed by atoms with Crippen molar-refractivity contribution in [3.05, 3.63) is 65.2 Å². The van der Waals surface area contributed by atoms with Gasteiger partial charge in [0.1, 0.15) is 5.75 Å². The molecule has 1 saturated carbocycles. The molecule has 1 saturated heterocycles. The van der Waals surface area contributed by atoms with Crippen LogP contribution in [0.25, 0.3) is 0 Å². The van der Waals surface area contributed by atoms with Crippen LogP contribution in [0.2, 0.25) is 0 Å². The number of carboxylic acids is 1. The van der Waals surface area contributed by atoms with Crippen molar-refractivity contribution >= 4 is 5.97 Å². The first-order valence-electron chi connectivity index (χ1n) is 10.5. The summed E-state index contributed by atoms with van der Waals surface area (Å²) in [5, 5.41) is 12.9. The van der Waals surface area contributed by atoms with Gasteiger partial charge in [0.15, 0.2) is 0 Å². The van der Waals surface area contributed by atoms with E-state index in [9.17, 15) is 4.79 Å². The molecule has 2 fully saturated rings. The second-order valence-electron chi connectivity index (χ2n) is 8.32. The van der Waals surface area contributed by atoms with Crippen LogP contribution in [0.4, 0.5) is 0 Å². The van der Waals surface area contributed by atoms with Crippen LogP contribution in [-0.2, 0) is 6.54 Å². The third kappa shape index (κ3) is 4.98. The van der Waals surface area contributed by atoms with Gasteiger partial charge in [-0.1, -0.05) is 36.4 Å². The number of rotatable bonds is 8. The standard InChI is InChI=1S/C24H30N2O3/c1-29-23-13-19(24(27)28)7-8-20(23)16-26-11-9-17(10-12-26)15-25-22-14-21(22)18-5-3-2-4-6-18/h2-8,13,17,21-22,25H,9-12,14-16H2,1H3,(H,27,28)/t21-,22+/m0/s1. The lowest BCUT2D eigenvalue weighted by atomic mass is 9.96. The van der Waals surface area contributed by atoms with Crippen molar-refractivity contribution in [2.24, 2.45) is 5.92 Å². The lowest BCUT2D eigenvalue weighted by Gasteiger charge is -2.32. The number of piperidine rings is 1. The molecule has 2 atom stereocenters. The van der Waals surface area contributed by atoms with Crippen molar-refractivity contribution in [3.63, 3.8) is 0 Å². The lowest BCUT2D eigenvalue weighted by molar-refractivity contribution is 0.0696. The maximum atomic E-state index is 11.1. The van der Waals surface area contributed by atoms with E-state index in [-0.39, 0.29) is 5.56 Å². The summed E-state index contributed by atoms with van der Waals surface area (Å²) in [5.74, 6) is 1.17. The van der Waals surface area contributed by atoms with Crippen LogP contribution in [0.1, 0.15) is 46.7 Å². The Morgan fingerprint density at radius 1 is 1.17 bits per heavy atom. The van der Waals surface area contributed by atoms with Crippen LogP contribution in [0, 0.1) is 5.92 Å². The zero-order valence-electron chi connectivity index (χ0n) is 17.0. The molecule has 5 nitrogen and oxygen atoms in total. The van der Waals surface area contributed by atoms with Gasteiger partial charge < -0.3 is 15.2 Å². The van der Waals surface area contributed by atoms with Crippen LogP contribution < -0.4 is 10.1 Å². The summed E-state index contributed by atoms with van der Waals surface area (Å²) >= 11 is 0. The predicted octanol–water partition coefficient (Wildman–Crippen LogP) is 3.75. The summed E-state index contributed by atoms with van der Waals surface area (Å²) in [7, 11) is 1.60. The number of hydrogen-bond acceptors (Lipinski definition) is 4. The largest absolute Gasteiger partial charge is 0.496 e. The minimum Gasteiger partial charge on any atom is -0.496 e. The van der Waals surface area contributed by atoms with Crippen LogP contribution in [0.3, 0.4) is 0 Å². The van der Waals surface area contributed by atoms with Crippen LogP contribution >= 0.6 is 0 Å². The molecule has 0 amide bonds. The third-order valence-electron chi connectivity index (χ3n) is 6.32. The van der Waals surface area contributed by atoms with Crippen molar-refractivity contribution in [1.82, 2.24) is 10.2 Å². The van der Waals surface area contributed by atoms with Gasteiger partial charge in [-0.3, -0.25) is 4.90 Å². The highest BCUT2D eigenvalue weighted by atomic mass is 16.5. The molecule has 2 N–H and O–H groups in total. The highest BCUT2D eigenvalue weighted by Crippen LogP contribution is 2.40. The molecule has 0 spiro atoms. The Balaban J connectivity index is 1.22. The van der Waals surface area contributed by atoms with E-state index >= 15 is 0 Å². The smallest absolute Gasteiger partial charge is 0.335 e. The Hall–Kier alpha value is -2.37. The molecule has 1 heterocycles. The summed E-state index contributed by atoms with van der Waals surface area (Å²) < 4.78 is 5.42. The molecule has 0 bridgehead atoms. The van der Waals surface area contributed by atoms with Crippen molar-refractivity contribution < 1.29 is 14.6 Å². The summed E-state index contributed by atoms with van der Waals surface area (Å²) in [6.07, 6.45) is 3.66.